The van der Waals surface area contributed by atoms with Crippen LogP contribution in [0.15, 0.2) is 24.8 Å². The third-order valence-electron chi connectivity index (χ3n) is 9.70. The highest BCUT2D eigenvalue weighted by Crippen LogP contribution is 2.39. The highest BCUT2D eigenvalue weighted by atomic mass is 35.5. The summed E-state index contributed by atoms with van der Waals surface area (Å²) in [6, 6.07) is 4.53. The number of pyridine rings is 2. The zero-order chi connectivity index (χ0) is 34.8. The van der Waals surface area contributed by atoms with Crippen molar-refractivity contribution in [1.82, 2.24) is 45.9 Å². The predicted octanol–water partition coefficient (Wildman–Crippen LogP) is 7.70. The van der Waals surface area contributed by atoms with Gasteiger partial charge in [-0.15, -0.1) is 22.7 Å². The molecule has 52 heavy (non-hydrogen) atoms. The van der Waals surface area contributed by atoms with Gasteiger partial charge in [0.1, 0.15) is 44.9 Å². The first-order valence-corrected chi connectivity index (χ1v) is 19.8. The Hall–Kier alpha value is -3.53. The van der Waals surface area contributed by atoms with E-state index in [2.05, 4.69) is 79.6 Å². The second-order valence-electron chi connectivity index (χ2n) is 13.4. The van der Waals surface area contributed by atoms with Crippen molar-refractivity contribution in [1.29, 1.82) is 0 Å². The first-order chi connectivity index (χ1) is 24.3. The van der Waals surface area contributed by atoms with Crippen LogP contribution >= 0.6 is 34.3 Å². The van der Waals surface area contributed by atoms with Gasteiger partial charge in [0.25, 0.3) is 0 Å². The molecule has 0 unspecified atom stereocenters. The molecule has 2 fully saturated rings. The molecular formula is C37H53ClN12S2. The molecule has 0 spiro atoms. The second kappa shape index (κ2) is 17.5. The maximum Gasteiger partial charge on any atom is 0.150 e. The van der Waals surface area contributed by atoms with E-state index >= 15 is 0 Å². The molecule has 6 aromatic rings. The summed E-state index contributed by atoms with van der Waals surface area (Å²) >= 11 is 9.52. The van der Waals surface area contributed by atoms with Crippen LogP contribution in [0.4, 0.5) is 17.5 Å². The molecule has 12 nitrogen and oxygen atoms in total. The minimum Gasteiger partial charge on any atom is -0.382 e. The van der Waals surface area contributed by atoms with Gasteiger partial charge in [-0.05, 0) is 76.1 Å². The summed E-state index contributed by atoms with van der Waals surface area (Å²) in [4.78, 5) is 38.9. The highest BCUT2D eigenvalue weighted by molar-refractivity contribution is 7.26. The number of nitrogens with two attached hydrogens (primary N) is 1. The summed E-state index contributed by atoms with van der Waals surface area (Å²) in [6.45, 7) is 13.0. The Balaban J connectivity index is 0.000000194. The Kier molecular flexibility index (Phi) is 13.4. The van der Waals surface area contributed by atoms with Gasteiger partial charge < -0.3 is 31.5 Å². The Morgan fingerprint density at radius 2 is 1.15 bits per heavy atom. The molecule has 8 heterocycles. The van der Waals surface area contributed by atoms with E-state index in [-0.39, 0.29) is 13.6 Å². The number of hydrogen-bond donors (Lipinski definition) is 2. The standard InChI is InChI=1S/C18H22ClN5S.C18H24N6S.CH4.H3N/c2*1-3-5-12-10-13(24-7-4-6-23(2)8-9-24)22-18-14(12)15-16(25-18)17(19)21-11-20-15;;/h10-11H,3-9H2,1-2H3;10-11H,3-9H2,1-2H3,(H2,19,20,21);1H4;1H3. The first-order valence-electron chi connectivity index (χ1n) is 17.8. The molecule has 280 valence electrons. The van der Waals surface area contributed by atoms with E-state index in [1.807, 2.05) is 0 Å². The molecule has 15 heteroatoms. The van der Waals surface area contributed by atoms with Crippen molar-refractivity contribution < 1.29 is 0 Å². The number of nitrogens with zero attached hydrogens (tertiary/aromatic N) is 10. The fraction of sp³-hybridized carbons (Fsp3) is 0.514. The van der Waals surface area contributed by atoms with E-state index in [0.717, 1.165) is 131 Å². The van der Waals surface area contributed by atoms with E-state index in [0.29, 0.717) is 11.0 Å². The van der Waals surface area contributed by atoms with Gasteiger partial charge in [-0.2, -0.15) is 0 Å². The number of anilines is 3. The summed E-state index contributed by atoms with van der Waals surface area (Å²) in [5.41, 5.74) is 10.6. The number of likely N-dealkylation sites (N-methyl/N-ethyl adjacent to an activating group) is 2. The van der Waals surface area contributed by atoms with Crippen molar-refractivity contribution in [3.05, 3.63) is 41.1 Å². The first kappa shape index (κ1) is 39.7. The van der Waals surface area contributed by atoms with Crippen molar-refractivity contribution in [2.75, 3.05) is 82.0 Å². The summed E-state index contributed by atoms with van der Waals surface area (Å²) in [6.07, 6.45) is 9.68. The minimum atomic E-state index is 0. The van der Waals surface area contributed by atoms with Gasteiger partial charge in [0.05, 0.1) is 20.4 Å². The SMILES string of the molecule is C.CCCc1cc(N2CCCN(C)CC2)nc2sc3c(Cl)ncnc3c12.CCCc1cc(N2CCCN(C)CC2)nc2sc3c(N)ncnc3c12.N. The number of hydrogen-bond acceptors (Lipinski definition) is 14. The van der Waals surface area contributed by atoms with Crippen LogP contribution in [0, 0.1) is 0 Å². The number of thiophene rings is 2. The summed E-state index contributed by atoms with van der Waals surface area (Å²) in [7, 11) is 4.38. The molecule has 2 aliphatic rings. The maximum atomic E-state index is 6.30. The lowest BCUT2D eigenvalue weighted by atomic mass is 10.1. The molecule has 0 amide bonds. The van der Waals surface area contributed by atoms with Crippen LogP contribution in [0.5, 0.6) is 0 Å². The van der Waals surface area contributed by atoms with Crippen LogP contribution in [-0.4, -0.2) is 106 Å². The van der Waals surface area contributed by atoms with Gasteiger partial charge in [-0.1, -0.05) is 45.7 Å². The molecule has 0 aromatic carbocycles. The molecular weight excluding hydrogens is 712 g/mol. The molecule has 0 bridgehead atoms. The highest BCUT2D eigenvalue weighted by Gasteiger charge is 2.21. The van der Waals surface area contributed by atoms with Crippen LogP contribution in [0.3, 0.4) is 0 Å². The van der Waals surface area contributed by atoms with Crippen LogP contribution in [0.1, 0.15) is 58.1 Å². The molecule has 6 aromatic heterocycles. The van der Waals surface area contributed by atoms with Crippen LogP contribution in [-0.2, 0) is 12.8 Å². The molecule has 0 radical (unpaired) electrons. The average Bonchev–Trinajstić information content (AvgIpc) is 3.50. The van der Waals surface area contributed by atoms with Crippen molar-refractivity contribution in [2.45, 2.75) is 59.8 Å². The largest absolute Gasteiger partial charge is 0.382 e. The van der Waals surface area contributed by atoms with Crippen molar-refractivity contribution in [3.8, 4) is 0 Å². The predicted molar refractivity (Wildman–Crippen MR) is 223 cm³/mol. The molecule has 2 aliphatic heterocycles. The van der Waals surface area contributed by atoms with E-state index < -0.39 is 0 Å². The van der Waals surface area contributed by atoms with Gasteiger partial charge in [0.15, 0.2) is 0 Å². The van der Waals surface area contributed by atoms with E-state index in [9.17, 15) is 0 Å². The maximum absolute atomic E-state index is 6.30. The van der Waals surface area contributed by atoms with Crippen molar-refractivity contribution >= 4 is 92.6 Å². The lowest BCUT2D eigenvalue weighted by Crippen LogP contribution is -2.29. The fourth-order valence-corrected chi connectivity index (χ4v) is 9.43. The quantitative estimate of drug-likeness (QED) is 0.160. The summed E-state index contributed by atoms with van der Waals surface area (Å²) < 4.78 is 1.90. The molecule has 0 aliphatic carbocycles. The Morgan fingerprint density at radius 1 is 0.673 bits per heavy atom. The fourth-order valence-electron chi connectivity index (χ4n) is 7.06. The Bertz CT molecular complexity index is 1970. The Morgan fingerprint density at radius 3 is 1.67 bits per heavy atom. The molecule has 2 saturated heterocycles. The number of fused-ring (bicyclic) bond motifs is 6. The average molecular weight is 766 g/mol. The minimum absolute atomic E-state index is 0. The van der Waals surface area contributed by atoms with Crippen molar-refractivity contribution in [2.24, 2.45) is 0 Å². The van der Waals surface area contributed by atoms with E-state index in [1.54, 1.807) is 35.3 Å². The van der Waals surface area contributed by atoms with Gasteiger partial charge in [-0.3, -0.25) is 0 Å². The number of halogens is 1. The van der Waals surface area contributed by atoms with Gasteiger partial charge in [0.2, 0.25) is 0 Å². The van der Waals surface area contributed by atoms with Crippen LogP contribution in [0.25, 0.3) is 40.9 Å². The normalized spacial score (nSPS) is 16.0. The summed E-state index contributed by atoms with van der Waals surface area (Å²) in [5, 5.41) is 2.84. The zero-order valence-electron chi connectivity index (χ0n) is 30.2. The number of nitrogen functional groups attached to an aromatic ring is 1. The topological polar surface area (TPSA) is 151 Å². The van der Waals surface area contributed by atoms with E-state index in [4.69, 9.17) is 27.3 Å². The van der Waals surface area contributed by atoms with Crippen LogP contribution < -0.4 is 21.7 Å². The monoisotopic (exact) mass is 764 g/mol. The number of aryl methyl sites for hydroxylation is 2. The lowest BCUT2D eigenvalue weighted by molar-refractivity contribution is 0.360. The molecule has 0 saturated carbocycles. The van der Waals surface area contributed by atoms with Gasteiger partial charge in [-0.25, -0.2) is 29.9 Å². The lowest BCUT2D eigenvalue weighted by Gasteiger charge is -2.22. The third-order valence-corrected chi connectivity index (χ3v) is 12.3. The smallest absolute Gasteiger partial charge is 0.150 e. The zero-order valence-corrected chi connectivity index (χ0v) is 32.5. The second-order valence-corrected chi connectivity index (χ2v) is 15.8. The molecule has 5 N–H and O–H groups in total. The van der Waals surface area contributed by atoms with Crippen LogP contribution in [0.2, 0.25) is 5.15 Å². The Labute approximate surface area is 320 Å². The van der Waals surface area contributed by atoms with Gasteiger partial charge in [0, 0.05) is 50.0 Å². The number of aromatic nitrogens is 6. The van der Waals surface area contributed by atoms with Gasteiger partial charge >= 0.3 is 0 Å². The third kappa shape index (κ3) is 8.17. The number of rotatable bonds is 6. The van der Waals surface area contributed by atoms with Crippen molar-refractivity contribution in [3.63, 3.8) is 0 Å². The van der Waals surface area contributed by atoms with E-state index in [1.165, 1.54) is 24.0 Å². The summed E-state index contributed by atoms with van der Waals surface area (Å²) in [5.74, 6) is 2.72. The molecule has 0 atom stereocenters. The molecule has 8 rings (SSSR count).